The number of hydrogen-bond donors (Lipinski definition) is 0. The number of halogens is 2. The molecule has 0 heterocycles. The van der Waals surface area contributed by atoms with Crippen LogP contribution in [0.1, 0.15) is 0 Å². The van der Waals surface area contributed by atoms with Gasteiger partial charge < -0.3 is 0 Å². The molecular weight excluding hydrogens is 295 g/mol. The van der Waals surface area contributed by atoms with Crippen LogP contribution in [0.15, 0.2) is 48.5 Å². The summed E-state index contributed by atoms with van der Waals surface area (Å²) in [6.07, 6.45) is 0. The molecule has 2 rings (SSSR count). The van der Waals surface area contributed by atoms with Gasteiger partial charge in [-0.25, -0.2) is 0 Å². The molecule has 2 aromatic rings. The van der Waals surface area contributed by atoms with Crippen LogP contribution in [0.25, 0.3) is 0 Å². The first kappa shape index (κ1) is 10.7. The molecule has 2 aromatic carbocycles. The molecule has 0 aromatic heterocycles. The maximum atomic E-state index is 12.9. The third-order valence-corrected chi connectivity index (χ3v) is 7.03. The van der Waals surface area contributed by atoms with Crippen molar-refractivity contribution >= 4 is 6.25 Å². The van der Waals surface area contributed by atoms with Crippen molar-refractivity contribution < 1.29 is 33.0 Å². The summed E-state index contributed by atoms with van der Waals surface area (Å²) in [5.41, 5.74) is 0. The Hall–Kier alpha value is -0.778. The molecule has 0 amide bonds. The van der Waals surface area contributed by atoms with Gasteiger partial charge in [0.15, 0.2) is 0 Å². The van der Waals surface area contributed by atoms with Crippen LogP contribution in [0.4, 0.5) is 8.78 Å². The van der Waals surface area contributed by atoms with E-state index < -0.39 is 24.2 Å². The first-order chi connectivity index (χ1) is 7.24. The molecule has 0 radical (unpaired) electrons. The molecule has 0 aliphatic rings. The van der Waals surface area contributed by atoms with Gasteiger partial charge in [-0.3, -0.25) is 0 Å². The van der Waals surface area contributed by atoms with Crippen molar-refractivity contribution in [2.45, 2.75) is 0 Å². The normalized spacial score (nSPS) is 9.73. The first-order valence-electron chi connectivity index (χ1n) is 4.73. The summed E-state index contributed by atoms with van der Waals surface area (Å²) in [7, 11) is 0. The standard InChI is InChI=1S/2C6H4F.Cd/c2*7-6-4-2-1-3-5-6;/h2*1-2,4-5H;. The van der Waals surface area contributed by atoms with Crippen molar-refractivity contribution in [3.05, 3.63) is 60.2 Å². The average Bonchev–Trinajstić information content (AvgIpc) is 2.17. The van der Waals surface area contributed by atoms with Crippen LogP contribution in [0.3, 0.4) is 0 Å². The molecule has 0 aliphatic heterocycles. The van der Waals surface area contributed by atoms with Crippen molar-refractivity contribution in [3.63, 3.8) is 0 Å². The topological polar surface area (TPSA) is 0 Å². The van der Waals surface area contributed by atoms with Crippen LogP contribution < -0.4 is 6.25 Å². The third kappa shape index (κ3) is 3.09. The van der Waals surface area contributed by atoms with Gasteiger partial charge in [0.1, 0.15) is 0 Å². The quantitative estimate of drug-likeness (QED) is 0.745. The summed E-state index contributed by atoms with van der Waals surface area (Å²) in [4.78, 5) is 0. The summed E-state index contributed by atoms with van der Waals surface area (Å²) in [6, 6.07) is 13.2. The Kier molecular flexibility index (Phi) is 3.46. The Labute approximate surface area is 99.2 Å². The minimum absolute atomic E-state index is 0.208. The molecule has 72 valence electrons. The van der Waals surface area contributed by atoms with Crippen molar-refractivity contribution in [2.75, 3.05) is 0 Å². The second-order valence-electron chi connectivity index (χ2n) is 3.44. The summed E-state index contributed by atoms with van der Waals surface area (Å²) in [5.74, 6) is -0.416. The van der Waals surface area contributed by atoms with Crippen molar-refractivity contribution in [1.82, 2.24) is 0 Å². The molecule has 0 spiro atoms. The van der Waals surface area contributed by atoms with E-state index in [1.165, 1.54) is 12.1 Å². The average molecular weight is 303 g/mol. The molecular formula is C12H8CdF2. The van der Waals surface area contributed by atoms with Crippen molar-refractivity contribution in [2.24, 2.45) is 0 Å². The summed E-state index contributed by atoms with van der Waals surface area (Å²) >= 11 is -1.43. The second kappa shape index (κ2) is 4.83. The second-order valence-corrected chi connectivity index (χ2v) is 9.11. The molecule has 0 atom stereocenters. The van der Waals surface area contributed by atoms with Gasteiger partial charge in [0.2, 0.25) is 0 Å². The van der Waals surface area contributed by atoms with Crippen LogP contribution in [0.2, 0.25) is 0 Å². The van der Waals surface area contributed by atoms with Crippen LogP contribution >= 0.6 is 0 Å². The summed E-state index contributed by atoms with van der Waals surface area (Å²) in [6.45, 7) is 0. The zero-order valence-corrected chi connectivity index (χ0v) is 12.1. The fraction of sp³-hybridized carbons (Fsp3) is 0. The molecule has 0 N–H and O–H groups in total. The van der Waals surface area contributed by atoms with Gasteiger partial charge in [-0.15, -0.1) is 0 Å². The maximum absolute atomic E-state index is 12.9. The van der Waals surface area contributed by atoms with Gasteiger partial charge in [0, 0.05) is 0 Å². The number of benzene rings is 2. The summed E-state index contributed by atoms with van der Waals surface area (Å²) < 4.78 is 27.9. The molecule has 0 aliphatic carbocycles. The fourth-order valence-electron chi connectivity index (χ4n) is 1.53. The third-order valence-electron chi connectivity index (χ3n) is 2.19. The molecule has 0 nitrogen and oxygen atoms in total. The molecule has 0 saturated heterocycles. The molecule has 15 heavy (non-hydrogen) atoms. The van der Waals surface area contributed by atoms with Gasteiger partial charge in [0.25, 0.3) is 0 Å². The van der Waals surface area contributed by atoms with E-state index in [4.69, 9.17) is 0 Å². The minimum atomic E-state index is -1.43. The van der Waals surface area contributed by atoms with Crippen molar-refractivity contribution in [1.29, 1.82) is 0 Å². The van der Waals surface area contributed by atoms with E-state index in [1.54, 1.807) is 24.3 Å². The predicted octanol–water partition coefficient (Wildman–Crippen LogP) is 2.00. The van der Waals surface area contributed by atoms with E-state index in [9.17, 15) is 8.78 Å². The van der Waals surface area contributed by atoms with Gasteiger partial charge in [0.05, 0.1) is 0 Å². The molecule has 0 bridgehead atoms. The van der Waals surface area contributed by atoms with Gasteiger partial charge in [-0.05, 0) is 0 Å². The first-order valence-corrected chi connectivity index (χ1v) is 8.76. The molecule has 0 unspecified atom stereocenters. The Morgan fingerprint density at radius 1 is 0.733 bits per heavy atom. The number of rotatable bonds is 2. The predicted molar refractivity (Wildman–Crippen MR) is 52.1 cm³/mol. The van der Waals surface area contributed by atoms with Crippen LogP contribution in [0, 0.1) is 11.6 Å². The van der Waals surface area contributed by atoms with E-state index in [1.807, 2.05) is 12.1 Å². The summed E-state index contributed by atoms with van der Waals surface area (Å²) in [5, 5.41) is 0. The van der Waals surface area contributed by atoms with E-state index >= 15 is 0 Å². The Morgan fingerprint density at radius 2 is 1.20 bits per heavy atom. The molecule has 0 saturated carbocycles. The Balaban J connectivity index is 2.22. The van der Waals surface area contributed by atoms with Gasteiger partial charge in [-0.1, -0.05) is 0 Å². The molecule has 3 heteroatoms. The zero-order valence-electron chi connectivity index (χ0n) is 8.08. The van der Waals surface area contributed by atoms with Gasteiger partial charge >= 0.3 is 99.4 Å². The van der Waals surface area contributed by atoms with E-state index in [0.29, 0.717) is 0 Å². The Morgan fingerprint density at radius 3 is 1.60 bits per heavy atom. The van der Waals surface area contributed by atoms with E-state index in [-0.39, 0.29) is 11.6 Å². The van der Waals surface area contributed by atoms with E-state index in [2.05, 4.69) is 0 Å². The monoisotopic (exact) mass is 304 g/mol. The van der Waals surface area contributed by atoms with Crippen molar-refractivity contribution in [3.8, 4) is 0 Å². The van der Waals surface area contributed by atoms with E-state index in [0.717, 1.165) is 6.25 Å². The Bertz CT molecular complexity index is 425. The van der Waals surface area contributed by atoms with Crippen LogP contribution in [-0.4, -0.2) is 0 Å². The van der Waals surface area contributed by atoms with Crippen LogP contribution in [0.5, 0.6) is 0 Å². The molecule has 0 fully saturated rings. The number of hydrogen-bond acceptors (Lipinski definition) is 0. The van der Waals surface area contributed by atoms with Crippen LogP contribution in [-0.2, 0) is 24.2 Å². The fourth-order valence-corrected chi connectivity index (χ4v) is 6.02. The SMILES string of the molecule is Fc1ccc[c]([Cd][c]2cccc(F)c2)c1. The van der Waals surface area contributed by atoms with Gasteiger partial charge in [-0.2, -0.15) is 0 Å². The zero-order chi connectivity index (χ0) is 10.7.